The monoisotopic (exact) mass is 340 g/mol. The van der Waals surface area contributed by atoms with E-state index in [0.717, 1.165) is 16.1 Å². The van der Waals surface area contributed by atoms with Crippen LogP contribution in [-0.4, -0.2) is 16.8 Å². The molecule has 124 valence electrons. The number of benzene rings is 1. The van der Waals surface area contributed by atoms with Gasteiger partial charge in [-0.15, -0.1) is 11.8 Å². The Hall–Kier alpha value is -2.52. The number of amides is 2. The van der Waals surface area contributed by atoms with Gasteiger partial charge in [-0.1, -0.05) is 12.1 Å². The molecule has 24 heavy (non-hydrogen) atoms. The normalized spacial score (nSPS) is 12.7. The van der Waals surface area contributed by atoms with E-state index in [9.17, 15) is 4.79 Å². The summed E-state index contributed by atoms with van der Waals surface area (Å²) in [7, 11) is 0. The highest BCUT2D eigenvalue weighted by atomic mass is 32.2. The van der Waals surface area contributed by atoms with E-state index in [2.05, 4.69) is 21.7 Å². The maximum atomic E-state index is 12.2. The molecule has 2 aromatic rings. The Kier molecular flexibility index (Phi) is 6.64. The lowest BCUT2D eigenvalue weighted by molar-refractivity contribution is 0.249. The largest absolute Gasteiger partial charge is 0.331 e. The van der Waals surface area contributed by atoms with Crippen LogP contribution in [0.3, 0.4) is 0 Å². The molecule has 0 aliphatic carbocycles. The first-order chi connectivity index (χ1) is 11.6. The molecule has 0 radical (unpaired) electrons. The third-order valence-electron chi connectivity index (χ3n) is 3.40. The van der Waals surface area contributed by atoms with Crippen LogP contribution in [0.1, 0.15) is 25.5 Å². The standard InChI is InChI=1S/C18H20N4OS/c1-13(11-19)12-24-17-6-4-3-5-16(17)22-18(23)21-14(2)15-7-9-20-10-8-15/h3-10,13-14H,12H2,1-2H3,(H2,21,22,23). The van der Waals surface area contributed by atoms with Gasteiger partial charge in [0.05, 0.1) is 23.7 Å². The summed E-state index contributed by atoms with van der Waals surface area (Å²) in [6.45, 7) is 3.80. The van der Waals surface area contributed by atoms with Crippen molar-refractivity contribution in [2.24, 2.45) is 5.92 Å². The highest BCUT2D eigenvalue weighted by Crippen LogP contribution is 2.28. The van der Waals surface area contributed by atoms with E-state index >= 15 is 0 Å². The molecule has 0 fully saturated rings. The number of nitriles is 1. The van der Waals surface area contributed by atoms with Crippen molar-refractivity contribution in [3.05, 3.63) is 54.4 Å². The molecule has 0 saturated carbocycles. The lowest BCUT2D eigenvalue weighted by Gasteiger charge is -2.16. The topological polar surface area (TPSA) is 77.8 Å². The van der Waals surface area contributed by atoms with E-state index in [1.165, 1.54) is 0 Å². The van der Waals surface area contributed by atoms with Crippen LogP contribution in [0.2, 0.25) is 0 Å². The summed E-state index contributed by atoms with van der Waals surface area (Å²) in [4.78, 5) is 17.2. The van der Waals surface area contributed by atoms with Crippen molar-refractivity contribution in [3.63, 3.8) is 0 Å². The van der Waals surface area contributed by atoms with Crippen LogP contribution in [0.15, 0.2) is 53.7 Å². The third-order valence-corrected chi connectivity index (χ3v) is 4.73. The van der Waals surface area contributed by atoms with Gasteiger partial charge in [0.15, 0.2) is 0 Å². The van der Waals surface area contributed by atoms with E-state index in [1.807, 2.05) is 50.2 Å². The van der Waals surface area contributed by atoms with Gasteiger partial charge in [0.25, 0.3) is 0 Å². The van der Waals surface area contributed by atoms with Crippen LogP contribution < -0.4 is 10.6 Å². The first-order valence-electron chi connectivity index (χ1n) is 7.69. The number of pyridine rings is 1. The van der Waals surface area contributed by atoms with Crippen molar-refractivity contribution in [2.45, 2.75) is 24.8 Å². The Morgan fingerprint density at radius 2 is 1.96 bits per heavy atom. The molecule has 6 heteroatoms. The van der Waals surface area contributed by atoms with Gasteiger partial charge in [0.1, 0.15) is 0 Å². The van der Waals surface area contributed by atoms with E-state index in [4.69, 9.17) is 5.26 Å². The van der Waals surface area contributed by atoms with Crippen molar-refractivity contribution in [3.8, 4) is 6.07 Å². The van der Waals surface area contributed by atoms with Gasteiger partial charge in [-0.2, -0.15) is 5.26 Å². The fraction of sp³-hybridized carbons (Fsp3) is 0.278. The Balaban J connectivity index is 1.98. The second kappa shape index (κ2) is 8.94. The van der Waals surface area contributed by atoms with E-state index < -0.39 is 0 Å². The maximum absolute atomic E-state index is 12.2. The first-order valence-corrected chi connectivity index (χ1v) is 8.67. The van der Waals surface area contributed by atoms with Crippen LogP contribution in [0, 0.1) is 17.2 Å². The van der Waals surface area contributed by atoms with E-state index in [1.54, 1.807) is 24.2 Å². The minimum atomic E-state index is -0.263. The summed E-state index contributed by atoms with van der Waals surface area (Å²) < 4.78 is 0. The van der Waals surface area contributed by atoms with Gasteiger partial charge in [-0.05, 0) is 43.7 Å². The first kappa shape index (κ1) is 17.8. The summed E-state index contributed by atoms with van der Waals surface area (Å²) in [5.74, 6) is 0.646. The van der Waals surface area contributed by atoms with Crippen molar-refractivity contribution in [1.82, 2.24) is 10.3 Å². The fourth-order valence-corrected chi connectivity index (χ4v) is 2.99. The van der Waals surface area contributed by atoms with Gasteiger partial charge in [-0.25, -0.2) is 4.79 Å². The molecule has 2 rings (SSSR count). The summed E-state index contributed by atoms with van der Waals surface area (Å²) >= 11 is 1.56. The van der Waals surface area contributed by atoms with Crippen molar-refractivity contribution in [2.75, 3.05) is 11.1 Å². The highest BCUT2D eigenvalue weighted by Gasteiger charge is 2.12. The molecule has 5 nitrogen and oxygen atoms in total. The zero-order valence-electron chi connectivity index (χ0n) is 13.7. The molecule has 1 aromatic heterocycles. The molecule has 0 bridgehead atoms. The zero-order chi connectivity index (χ0) is 17.4. The number of carbonyl (C=O) groups excluding carboxylic acids is 1. The Labute approximate surface area is 146 Å². The van der Waals surface area contributed by atoms with Crippen LogP contribution in [-0.2, 0) is 0 Å². The van der Waals surface area contributed by atoms with Crippen LogP contribution in [0.4, 0.5) is 10.5 Å². The second-order valence-corrected chi connectivity index (χ2v) is 6.50. The predicted molar refractivity (Wildman–Crippen MR) is 96.7 cm³/mol. The number of nitrogens with zero attached hydrogens (tertiary/aromatic N) is 2. The number of urea groups is 1. The highest BCUT2D eigenvalue weighted by molar-refractivity contribution is 7.99. The van der Waals surface area contributed by atoms with Crippen LogP contribution in [0.5, 0.6) is 0 Å². The number of carbonyl (C=O) groups is 1. The summed E-state index contributed by atoms with van der Waals surface area (Å²) in [6.07, 6.45) is 3.40. The van der Waals surface area contributed by atoms with Gasteiger partial charge in [0.2, 0.25) is 0 Å². The number of rotatable bonds is 6. The zero-order valence-corrected chi connectivity index (χ0v) is 14.5. The molecule has 1 heterocycles. The van der Waals surface area contributed by atoms with Gasteiger partial charge < -0.3 is 10.6 Å². The van der Waals surface area contributed by atoms with E-state index in [-0.39, 0.29) is 18.0 Å². The summed E-state index contributed by atoms with van der Waals surface area (Å²) in [6, 6.07) is 13.2. The van der Waals surface area contributed by atoms with Gasteiger partial charge in [-0.3, -0.25) is 4.98 Å². The molecule has 1 aromatic carbocycles. The van der Waals surface area contributed by atoms with Crippen molar-refractivity contribution >= 4 is 23.5 Å². The van der Waals surface area contributed by atoms with Gasteiger partial charge in [0, 0.05) is 23.0 Å². The van der Waals surface area contributed by atoms with Crippen LogP contribution >= 0.6 is 11.8 Å². The number of aromatic nitrogens is 1. The van der Waals surface area contributed by atoms with E-state index in [0.29, 0.717) is 5.75 Å². The molecule has 0 aliphatic rings. The third kappa shape index (κ3) is 5.28. The molecular weight excluding hydrogens is 320 g/mol. The smallest absolute Gasteiger partial charge is 0.319 e. The molecule has 0 saturated heterocycles. The molecule has 0 spiro atoms. The number of thioether (sulfide) groups is 1. The number of nitrogens with one attached hydrogen (secondary N) is 2. The molecule has 2 amide bonds. The minimum absolute atomic E-state index is 0.0383. The minimum Gasteiger partial charge on any atom is -0.331 e. The molecule has 2 atom stereocenters. The maximum Gasteiger partial charge on any atom is 0.319 e. The molecular formula is C18H20N4OS. The Morgan fingerprint density at radius 3 is 2.67 bits per heavy atom. The number of hydrogen-bond acceptors (Lipinski definition) is 4. The number of hydrogen-bond donors (Lipinski definition) is 2. The predicted octanol–water partition coefficient (Wildman–Crippen LogP) is 4.22. The number of anilines is 1. The van der Waals surface area contributed by atoms with Gasteiger partial charge >= 0.3 is 6.03 Å². The van der Waals surface area contributed by atoms with Crippen molar-refractivity contribution in [1.29, 1.82) is 5.26 Å². The van der Waals surface area contributed by atoms with Crippen molar-refractivity contribution < 1.29 is 4.79 Å². The lowest BCUT2D eigenvalue weighted by Crippen LogP contribution is -2.31. The second-order valence-electron chi connectivity index (χ2n) is 5.44. The fourth-order valence-electron chi connectivity index (χ4n) is 2.04. The average molecular weight is 340 g/mol. The molecule has 0 aliphatic heterocycles. The average Bonchev–Trinajstić information content (AvgIpc) is 2.61. The molecule has 2 N–H and O–H groups in total. The Bertz CT molecular complexity index is 714. The summed E-state index contributed by atoms with van der Waals surface area (Å²) in [5.41, 5.74) is 1.73. The quantitative estimate of drug-likeness (QED) is 0.772. The SMILES string of the molecule is CC(C#N)CSc1ccccc1NC(=O)NC(C)c1ccncc1. The molecule has 2 unspecified atom stereocenters. The lowest BCUT2D eigenvalue weighted by atomic mass is 10.1. The number of para-hydroxylation sites is 1. The van der Waals surface area contributed by atoms with Crippen LogP contribution in [0.25, 0.3) is 0 Å². The Morgan fingerprint density at radius 1 is 1.25 bits per heavy atom. The summed E-state index contributed by atoms with van der Waals surface area (Å²) in [5, 5.41) is 14.7.